The summed E-state index contributed by atoms with van der Waals surface area (Å²) in [4.78, 5) is 25.7. The average molecular weight is 289 g/mol. The highest BCUT2D eigenvalue weighted by molar-refractivity contribution is 5.81. The van der Waals surface area contributed by atoms with Crippen molar-refractivity contribution in [2.24, 2.45) is 0 Å². The molecule has 0 aromatic heterocycles. The number of rotatable bonds is 6. The summed E-state index contributed by atoms with van der Waals surface area (Å²) in [5, 5.41) is 6.25. The van der Waals surface area contributed by atoms with Crippen LogP contribution in [0.1, 0.15) is 24.9 Å². The van der Waals surface area contributed by atoms with Gasteiger partial charge in [-0.05, 0) is 12.5 Å². The fourth-order valence-corrected chi connectivity index (χ4v) is 2.54. The lowest BCUT2D eigenvalue weighted by atomic mass is 10.0. The van der Waals surface area contributed by atoms with Crippen LogP contribution in [0.2, 0.25) is 0 Å². The van der Waals surface area contributed by atoms with Gasteiger partial charge in [0.15, 0.2) is 0 Å². The third kappa shape index (κ3) is 5.28. The molecular weight excluding hydrogens is 266 g/mol. The Bertz CT molecular complexity index is 470. The second kappa shape index (κ2) is 7.90. The highest BCUT2D eigenvalue weighted by Crippen LogP contribution is 2.16. The van der Waals surface area contributed by atoms with Crippen LogP contribution in [0.4, 0.5) is 0 Å². The summed E-state index contributed by atoms with van der Waals surface area (Å²) < 4.78 is 0. The van der Waals surface area contributed by atoms with Gasteiger partial charge >= 0.3 is 0 Å². The van der Waals surface area contributed by atoms with E-state index in [9.17, 15) is 9.59 Å². The Labute approximate surface area is 125 Å². The smallest absolute Gasteiger partial charge is 0.234 e. The molecule has 0 bridgehead atoms. The van der Waals surface area contributed by atoms with Gasteiger partial charge in [-0.2, -0.15) is 0 Å². The molecule has 1 unspecified atom stereocenters. The number of benzene rings is 1. The number of ketones is 1. The third-order valence-corrected chi connectivity index (χ3v) is 3.61. The summed E-state index contributed by atoms with van der Waals surface area (Å²) >= 11 is 0. The molecule has 0 spiro atoms. The van der Waals surface area contributed by atoms with E-state index < -0.39 is 0 Å². The average Bonchev–Trinajstić information content (AvgIpc) is 2.48. The molecule has 1 aliphatic heterocycles. The Morgan fingerprint density at radius 1 is 1.24 bits per heavy atom. The van der Waals surface area contributed by atoms with E-state index in [1.165, 1.54) is 0 Å². The summed E-state index contributed by atoms with van der Waals surface area (Å²) in [6.07, 6.45) is 0.331. The molecule has 0 radical (unpaired) electrons. The Balaban J connectivity index is 1.94. The number of piperazine rings is 1. The molecule has 1 saturated heterocycles. The molecule has 1 aromatic carbocycles. The molecule has 0 saturated carbocycles. The summed E-state index contributed by atoms with van der Waals surface area (Å²) in [6, 6.07) is 9.42. The number of nitrogens with one attached hydrogen (secondary N) is 2. The van der Waals surface area contributed by atoms with Crippen LogP contribution in [0.3, 0.4) is 0 Å². The quantitative estimate of drug-likeness (QED) is 0.810. The maximum absolute atomic E-state index is 12.2. The van der Waals surface area contributed by atoms with E-state index in [-0.39, 0.29) is 17.7 Å². The second-order valence-electron chi connectivity index (χ2n) is 5.46. The molecule has 21 heavy (non-hydrogen) atoms. The SMILES string of the molecule is CC(=O)CC(NC(=O)CN1CCNCC1)c1ccccc1. The van der Waals surface area contributed by atoms with Crippen LogP contribution in [0.5, 0.6) is 0 Å². The van der Waals surface area contributed by atoms with Crippen molar-refractivity contribution in [1.29, 1.82) is 0 Å². The molecule has 114 valence electrons. The van der Waals surface area contributed by atoms with Crippen molar-refractivity contribution in [1.82, 2.24) is 15.5 Å². The monoisotopic (exact) mass is 289 g/mol. The van der Waals surface area contributed by atoms with E-state index in [0.717, 1.165) is 31.7 Å². The van der Waals surface area contributed by atoms with Crippen LogP contribution in [0.25, 0.3) is 0 Å². The molecule has 1 fully saturated rings. The molecule has 0 aliphatic carbocycles. The summed E-state index contributed by atoms with van der Waals surface area (Å²) in [6.45, 7) is 5.55. The number of amides is 1. The van der Waals surface area contributed by atoms with Gasteiger partial charge in [0.25, 0.3) is 0 Å². The van der Waals surface area contributed by atoms with Crippen LogP contribution in [0, 0.1) is 0 Å². The number of nitrogens with zero attached hydrogens (tertiary/aromatic N) is 1. The Kier molecular flexibility index (Phi) is 5.90. The lowest BCUT2D eigenvalue weighted by Crippen LogP contribution is -2.48. The first-order valence-electron chi connectivity index (χ1n) is 7.42. The summed E-state index contributed by atoms with van der Waals surface area (Å²) in [5.41, 5.74) is 0.973. The summed E-state index contributed by atoms with van der Waals surface area (Å²) in [7, 11) is 0. The predicted molar refractivity (Wildman–Crippen MR) is 81.9 cm³/mol. The van der Waals surface area contributed by atoms with Crippen molar-refractivity contribution < 1.29 is 9.59 Å². The minimum atomic E-state index is -0.237. The van der Waals surface area contributed by atoms with Gasteiger partial charge in [0.1, 0.15) is 5.78 Å². The van der Waals surface area contributed by atoms with Crippen molar-refractivity contribution in [2.75, 3.05) is 32.7 Å². The molecule has 5 nitrogen and oxygen atoms in total. The highest BCUT2D eigenvalue weighted by atomic mass is 16.2. The van der Waals surface area contributed by atoms with Crippen LogP contribution < -0.4 is 10.6 Å². The van der Waals surface area contributed by atoms with Crippen LogP contribution in [-0.4, -0.2) is 49.3 Å². The Morgan fingerprint density at radius 2 is 1.90 bits per heavy atom. The highest BCUT2D eigenvalue weighted by Gasteiger charge is 2.19. The van der Waals surface area contributed by atoms with Crippen LogP contribution >= 0.6 is 0 Å². The molecule has 1 aromatic rings. The van der Waals surface area contributed by atoms with E-state index in [1.807, 2.05) is 30.3 Å². The molecule has 1 atom stereocenters. The maximum Gasteiger partial charge on any atom is 0.234 e. The fraction of sp³-hybridized carbons (Fsp3) is 0.500. The van der Waals surface area contributed by atoms with Crippen molar-refractivity contribution in [2.45, 2.75) is 19.4 Å². The zero-order valence-corrected chi connectivity index (χ0v) is 12.5. The van der Waals surface area contributed by atoms with Gasteiger partial charge in [-0.25, -0.2) is 0 Å². The first kappa shape index (κ1) is 15.7. The van der Waals surface area contributed by atoms with Gasteiger partial charge in [-0.3, -0.25) is 14.5 Å². The van der Waals surface area contributed by atoms with Crippen molar-refractivity contribution in [3.63, 3.8) is 0 Å². The summed E-state index contributed by atoms with van der Waals surface area (Å²) in [5.74, 6) is 0.0540. The first-order chi connectivity index (χ1) is 10.1. The Hall–Kier alpha value is -1.72. The third-order valence-electron chi connectivity index (χ3n) is 3.61. The normalized spacial score (nSPS) is 17.2. The maximum atomic E-state index is 12.2. The van der Waals surface area contributed by atoms with E-state index in [4.69, 9.17) is 0 Å². The zero-order chi connectivity index (χ0) is 15.1. The van der Waals surface area contributed by atoms with Crippen LogP contribution in [-0.2, 0) is 9.59 Å². The zero-order valence-electron chi connectivity index (χ0n) is 12.5. The van der Waals surface area contributed by atoms with Crippen LogP contribution in [0.15, 0.2) is 30.3 Å². The first-order valence-corrected chi connectivity index (χ1v) is 7.42. The van der Waals surface area contributed by atoms with Gasteiger partial charge in [0.2, 0.25) is 5.91 Å². The van der Waals surface area contributed by atoms with Gasteiger partial charge in [0.05, 0.1) is 12.6 Å². The minimum absolute atomic E-state index is 0.0213. The van der Waals surface area contributed by atoms with Crippen molar-refractivity contribution in [3.8, 4) is 0 Å². The van der Waals surface area contributed by atoms with E-state index in [1.54, 1.807) is 6.92 Å². The molecular formula is C16H23N3O2. The fourth-order valence-electron chi connectivity index (χ4n) is 2.54. The van der Waals surface area contributed by atoms with Gasteiger partial charge in [0, 0.05) is 32.6 Å². The number of hydrogen-bond donors (Lipinski definition) is 2. The number of hydrogen-bond acceptors (Lipinski definition) is 4. The minimum Gasteiger partial charge on any atom is -0.348 e. The van der Waals surface area contributed by atoms with Gasteiger partial charge in [-0.15, -0.1) is 0 Å². The molecule has 1 heterocycles. The van der Waals surface area contributed by atoms with E-state index in [0.29, 0.717) is 13.0 Å². The molecule has 5 heteroatoms. The number of carbonyl (C=O) groups is 2. The van der Waals surface area contributed by atoms with E-state index in [2.05, 4.69) is 15.5 Å². The Morgan fingerprint density at radius 3 is 2.52 bits per heavy atom. The standard InChI is InChI=1S/C16H23N3O2/c1-13(20)11-15(14-5-3-2-4-6-14)18-16(21)12-19-9-7-17-8-10-19/h2-6,15,17H,7-12H2,1H3,(H,18,21). The van der Waals surface area contributed by atoms with Gasteiger partial charge < -0.3 is 10.6 Å². The van der Waals surface area contributed by atoms with E-state index >= 15 is 0 Å². The molecule has 1 amide bonds. The molecule has 2 rings (SSSR count). The largest absolute Gasteiger partial charge is 0.348 e. The topological polar surface area (TPSA) is 61.4 Å². The van der Waals surface area contributed by atoms with Crippen molar-refractivity contribution >= 4 is 11.7 Å². The molecule has 2 N–H and O–H groups in total. The van der Waals surface area contributed by atoms with Crippen molar-refractivity contribution in [3.05, 3.63) is 35.9 Å². The predicted octanol–water partition coefficient (Wildman–Crippen LogP) is 0.728. The number of carbonyl (C=O) groups excluding carboxylic acids is 2. The molecule has 1 aliphatic rings. The lowest BCUT2D eigenvalue weighted by molar-refractivity contribution is -0.123. The lowest BCUT2D eigenvalue weighted by Gasteiger charge is -2.27. The second-order valence-corrected chi connectivity index (χ2v) is 5.46. The van der Waals surface area contributed by atoms with Gasteiger partial charge in [-0.1, -0.05) is 30.3 Å². The number of Topliss-reactive ketones (excluding diaryl/α,β-unsaturated/α-hetero) is 1.